The molecule has 0 bridgehead atoms. The molecule has 0 spiro atoms. The summed E-state index contributed by atoms with van der Waals surface area (Å²) in [6.45, 7) is 13.8. The largest absolute Gasteiger partial charge is 0.386 e. The highest BCUT2D eigenvalue weighted by molar-refractivity contribution is 7.93. The summed E-state index contributed by atoms with van der Waals surface area (Å²) in [5.74, 6) is -0.0420. The molecule has 2 aromatic carbocycles. The van der Waals surface area contributed by atoms with Gasteiger partial charge in [0.25, 0.3) is 5.91 Å². The van der Waals surface area contributed by atoms with Gasteiger partial charge in [0.15, 0.2) is 9.92 Å². The van der Waals surface area contributed by atoms with Crippen LogP contribution in [0, 0.1) is 6.92 Å². The average molecular weight is 513 g/mol. The SMILES string of the molecule is Cc1cc(C(C)C)c(CC(=O)N=S(N)(=O)c2cc(C(C)(C)O)c(-c3ccccc3)s2)c(C(C)C)c1. The van der Waals surface area contributed by atoms with Gasteiger partial charge in [-0.05, 0) is 60.9 Å². The molecule has 0 aliphatic rings. The summed E-state index contributed by atoms with van der Waals surface area (Å²) in [6, 6.07) is 15.4. The van der Waals surface area contributed by atoms with E-state index in [-0.39, 0.29) is 22.5 Å². The van der Waals surface area contributed by atoms with E-state index in [4.69, 9.17) is 5.14 Å². The molecule has 1 amide bonds. The third kappa shape index (κ3) is 6.28. The second-order valence-electron chi connectivity index (χ2n) is 10.2. The van der Waals surface area contributed by atoms with Gasteiger partial charge in [0.1, 0.15) is 4.21 Å². The molecule has 0 aliphatic carbocycles. The summed E-state index contributed by atoms with van der Waals surface area (Å²) in [5.41, 5.74) is 4.61. The standard InChI is InChI=1S/C28H36N2O3S2/c1-17(2)21-13-19(5)14-22(18(3)4)23(21)15-25(31)30-35(29,33)26-16-24(28(6,7)32)27(34-26)20-11-9-8-10-12-20/h8-14,16-18,32H,15H2,1-7H3,(H2,29,30,31,33). The Labute approximate surface area is 213 Å². The van der Waals surface area contributed by atoms with Crippen LogP contribution >= 0.6 is 11.3 Å². The second kappa shape index (κ2) is 10.3. The fraction of sp³-hybridized carbons (Fsp3) is 0.393. The first-order valence-electron chi connectivity index (χ1n) is 11.8. The minimum absolute atomic E-state index is 0.0464. The zero-order chi connectivity index (χ0) is 26.1. The van der Waals surface area contributed by atoms with Crippen molar-refractivity contribution in [2.45, 2.75) is 76.5 Å². The first kappa shape index (κ1) is 27.3. The minimum Gasteiger partial charge on any atom is -0.386 e. The maximum Gasteiger partial charge on any atom is 0.259 e. The molecular formula is C28H36N2O3S2. The van der Waals surface area contributed by atoms with Crippen LogP contribution in [-0.4, -0.2) is 15.2 Å². The molecule has 1 atom stereocenters. The van der Waals surface area contributed by atoms with E-state index < -0.39 is 21.4 Å². The first-order valence-corrected chi connectivity index (χ1v) is 14.2. The number of rotatable bonds is 7. The first-order chi connectivity index (χ1) is 16.2. The fourth-order valence-electron chi connectivity index (χ4n) is 4.26. The molecule has 5 nitrogen and oxygen atoms in total. The molecule has 3 N–H and O–H groups in total. The van der Waals surface area contributed by atoms with Crippen LogP contribution in [0.3, 0.4) is 0 Å². The summed E-state index contributed by atoms with van der Waals surface area (Å²) in [5, 5.41) is 16.9. The van der Waals surface area contributed by atoms with Crippen LogP contribution in [0.25, 0.3) is 10.4 Å². The zero-order valence-electron chi connectivity index (χ0n) is 21.6. The lowest BCUT2D eigenvalue weighted by Crippen LogP contribution is -2.17. The highest BCUT2D eigenvalue weighted by Crippen LogP contribution is 2.40. The van der Waals surface area contributed by atoms with Crippen molar-refractivity contribution in [2.75, 3.05) is 0 Å². The molecule has 1 heterocycles. The normalized spacial score (nSPS) is 13.8. The Morgan fingerprint density at radius 2 is 1.60 bits per heavy atom. The minimum atomic E-state index is -3.49. The van der Waals surface area contributed by atoms with Crippen LogP contribution in [0.1, 0.15) is 81.2 Å². The van der Waals surface area contributed by atoms with Crippen molar-refractivity contribution >= 4 is 27.2 Å². The lowest BCUT2D eigenvalue weighted by molar-refractivity contribution is -0.117. The summed E-state index contributed by atoms with van der Waals surface area (Å²) < 4.78 is 17.8. The number of aliphatic hydroxyl groups is 1. The molecule has 35 heavy (non-hydrogen) atoms. The third-order valence-electron chi connectivity index (χ3n) is 5.97. The molecule has 188 valence electrons. The smallest absolute Gasteiger partial charge is 0.259 e. The van der Waals surface area contributed by atoms with E-state index >= 15 is 0 Å². The average Bonchev–Trinajstić information content (AvgIpc) is 3.22. The lowest BCUT2D eigenvalue weighted by atomic mass is 9.85. The van der Waals surface area contributed by atoms with Crippen molar-refractivity contribution < 1.29 is 14.1 Å². The van der Waals surface area contributed by atoms with Gasteiger partial charge in [-0.2, -0.15) is 0 Å². The monoisotopic (exact) mass is 512 g/mol. The van der Waals surface area contributed by atoms with Crippen molar-refractivity contribution in [1.29, 1.82) is 0 Å². The van der Waals surface area contributed by atoms with Crippen LogP contribution in [0.4, 0.5) is 0 Å². The van der Waals surface area contributed by atoms with Crippen molar-refractivity contribution in [3.63, 3.8) is 0 Å². The Hall–Kier alpha value is -2.32. The predicted molar refractivity (Wildman–Crippen MR) is 146 cm³/mol. The van der Waals surface area contributed by atoms with E-state index in [2.05, 4.69) is 51.1 Å². The van der Waals surface area contributed by atoms with Crippen molar-refractivity contribution in [1.82, 2.24) is 0 Å². The van der Waals surface area contributed by atoms with Crippen LogP contribution in [-0.2, 0) is 26.7 Å². The Bertz CT molecular complexity index is 1310. The molecule has 0 radical (unpaired) electrons. The maximum absolute atomic E-state index is 13.5. The zero-order valence-corrected chi connectivity index (χ0v) is 23.2. The molecule has 0 saturated heterocycles. The number of amides is 1. The predicted octanol–water partition coefficient (Wildman–Crippen LogP) is 6.67. The summed E-state index contributed by atoms with van der Waals surface area (Å²) >= 11 is 1.21. The Morgan fingerprint density at radius 1 is 1.06 bits per heavy atom. The van der Waals surface area contributed by atoms with Gasteiger partial charge in [-0.15, -0.1) is 15.7 Å². The van der Waals surface area contributed by atoms with Gasteiger partial charge in [0, 0.05) is 10.4 Å². The van der Waals surface area contributed by atoms with Gasteiger partial charge < -0.3 is 5.11 Å². The molecule has 1 aromatic heterocycles. The number of aryl methyl sites for hydroxylation is 1. The van der Waals surface area contributed by atoms with Crippen molar-refractivity contribution in [3.8, 4) is 10.4 Å². The molecule has 0 saturated carbocycles. The van der Waals surface area contributed by atoms with Gasteiger partial charge >= 0.3 is 0 Å². The topological polar surface area (TPSA) is 92.8 Å². The summed E-state index contributed by atoms with van der Waals surface area (Å²) in [6.07, 6.45) is 0.0464. The maximum atomic E-state index is 13.5. The van der Waals surface area contributed by atoms with Gasteiger partial charge in [0.05, 0.1) is 12.0 Å². The quantitative estimate of drug-likeness (QED) is 0.370. The number of benzene rings is 2. The highest BCUT2D eigenvalue weighted by Gasteiger charge is 2.27. The summed E-state index contributed by atoms with van der Waals surface area (Å²) in [7, 11) is -3.49. The molecule has 1 unspecified atom stereocenters. The molecule has 3 aromatic rings. The van der Waals surface area contributed by atoms with Gasteiger partial charge in [-0.25, -0.2) is 9.35 Å². The number of nitrogens with zero attached hydrogens (tertiary/aromatic N) is 1. The van der Waals surface area contributed by atoms with Gasteiger partial charge in [-0.3, -0.25) is 4.79 Å². The Balaban J connectivity index is 2.06. The molecule has 0 fully saturated rings. The molecule has 7 heteroatoms. The van der Waals surface area contributed by atoms with Gasteiger partial charge in [-0.1, -0.05) is 75.7 Å². The second-order valence-corrected chi connectivity index (χ2v) is 13.3. The number of thiophene rings is 1. The summed E-state index contributed by atoms with van der Waals surface area (Å²) in [4.78, 5) is 13.9. The van der Waals surface area contributed by atoms with E-state index in [0.29, 0.717) is 5.56 Å². The third-order valence-corrected chi connectivity index (χ3v) is 9.08. The number of nitrogens with two attached hydrogens (primary N) is 1. The van der Waals surface area contributed by atoms with E-state index in [0.717, 1.165) is 32.7 Å². The van der Waals surface area contributed by atoms with Crippen LogP contribution in [0.5, 0.6) is 0 Å². The lowest BCUT2D eigenvalue weighted by Gasteiger charge is -2.20. The number of carbonyl (C=O) groups is 1. The van der Waals surface area contributed by atoms with E-state index in [1.165, 1.54) is 11.3 Å². The van der Waals surface area contributed by atoms with Crippen LogP contribution < -0.4 is 5.14 Å². The fourth-order valence-corrected chi connectivity index (χ4v) is 6.89. The van der Waals surface area contributed by atoms with Crippen molar-refractivity contribution in [2.24, 2.45) is 9.50 Å². The van der Waals surface area contributed by atoms with Gasteiger partial charge in [0.2, 0.25) is 0 Å². The van der Waals surface area contributed by atoms with E-state index in [1.807, 2.05) is 30.3 Å². The molecule has 0 aliphatic heterocycles. The number of carbonyl (C=O) groups excluding carboxylic acids is 1. The molecule has 3 rings (SSSR count). The van der Waals surface area contributed by atoms with Crippen LogP contribution in [0.2, 0.25) is 0 Å². The van der Waals surface area contributed by atoms with Crippen LogP contribution in [0.15, 0.2) is 57.1 Å². The van der Waals surface area contributed by atoms with E-state index in [9.17, 15) is 14.1 Å². The number of hydrogen-bond acceptors (Lipinski definition) is 4. The number of hydrogen-bond donors (Lipinski definition) is 2. The van der Waals surface area contributed by atoms with Crippen molar-refractivity contribution in [3.05, 3.63) is 76.3 Å². The highest BCUT2D eigenvalue weighted by atomic mass is 32.2. The molecular weight excluding hydrogens is 476 g/mol. The van der Waals surface area contributed by atoms with E-state index in [1.54, 1.807) is 19.9 Å². The Morgan fingerprint density at radius 3 is 2.09 bits per heavy atom. The Kier molecular flexibility index (Phi) is 8.06.